The van der Waals surface area contributed by atoms with Crippen LogP contribution in [-0.4, -0.2) is 49.6 Å². The van der Waals surface area contributed by atoms with E-state index in [4.69, 9.17) is 21.6 Å². The van der Waals surface area contributed by atoms with Crippen LogP contribution in [0, 0.1) is 11.3 Å². The largest absolute Gasteiger partial charge is 0.379 e. The van der Waals surface area contributed by atoms with Crippen LogP contribution in [0.1, 0.15) is 16.5 Å². The van der Waals surface area contributed by atoms with Gasteiger partial charge in [-0.1, -0.05) is 17.7 Å². The zero-order valence-electron chi connectivity index (χ0n) is 15.0. The first-order chi connectivity index (χ1) is 13.6. The number of carbonyl (C=O) groups is 2. The van der Waals surface area contributed by atoms with Crippen LogP contribution in [-0.2, 0) is 14.3 Å². The third-order valence-corrected chi connectivity index (χ3v) is 5.58. The average Bonchev–Trinajstić information content (AvgIpc) is 3.23. The second-order valence-corrected chi connectivity index (χ2v) is 7.56. The van der Waals surface area contributed by atoms with Gasteiger partial charge in [-0.15, -0.1) is 11.3 Å². The smallest absolute Gasteiger partial charge is 0.313 e. The number of rotatable bonds is 5. The molecule has 146 valence electrons. The number of nitrogens with zero attached hydrogens (tertiary/aromatic N) is 2. The van der Waals surface area contributed by atoms with Crippen LogP contribution in [0.25, 0.3) is 0 Å². The highest BCUT2D eigenvalue weighted by atomic mass is 35.5. The molecular formula is C19H19ClN4O3S. The van der Waals surface area contributed by atoms with E-state index in [1.165, 1.54) is 12.1 Å². The number of benzene rings is 1. The van der Waals surface area contributed by atoms with E-state index < -0.39 is 11.8 Å². The van der Waals surface area contributed by atoms with Gasteiger partial charge in [0.15, 0.2) is 0 Å². The predicted molar refractivity (Wildman–Crippen MR) is 107 cm³/mol. The van der Waals surface area contributed by atoms with Crippen molar-refractivity contribution in [3.05, 3.63) is 51.2 Å². The topological polar surface area (TPSA) is 94.5 Å². The van der Waals surface area contributed by atoms with Gasteiger partial charge < -0.3 is 15.4 Å². The van der Waals surface area contributed by atoms with Crippen LogP contribution in [0.4, 0.5) is 5.69 Å². The van der Waals surface area contributed by atoms with Crippen molar-refractivity contribution in [2.75, 3.05) is 38.2 Å². The minimum absolute atomic E-state index is 0.0264. The lowest BCUT2D eigenvalue weighted by Gasteiger charge is -2.34. The molecule has 0 bridgehead atoms. The van der Waals surface area contributed by atoms with Gasteiger partial charge in [-0.2, -0.15) is 5.26 Å². The molecule has 3 rings (SSSR count). The van der Waals surface area contributed by atoms with E-state index in [9.17, 15) is 9.59 Å². The average molecular weight is 419 g/mol. The summed E-state index contributed by atoms with van der Waals surface area (Å²) >= 11 is 7.52. The minimum Gasteiger partial charge on any atom is -0.379 e. The molecule has 2 heterocycles. The fourth-order valence-corrected chi connectivity index (χ4v) is 3.98. The first-order valence-corrected chi connectivity index (χ1v) is 9.98. The summed E-state index contributed by atoms with van der Waals surface area (Å²) in [5.74, 6) is -1.61. The van der Waals surface area contributed by atoms with E-state index in [2.05, 4.69) is 15.5 Å². The van der Waals surface area contributed by atoms with Crippen LogP contribution >= 0.6 is 22.9 Å². The van der Waals surface area contributed by atoms with Crippen LogP contribution < -0.4 is 10.6 Å². The second kappa shape index (κ2) is 9.66. The van der Waals surface area contributed by atoms with Crippen molar-refractivity contribution in [2.24, 2.45) is 0 Å². The number of halogens is 1. The molecule has 1 aromatic carbocycles. The van der Waals surface area contributed by atoms with Crippen molar-refractivity contribution in [2.45, 2.75) is 6.04 Å². The predicted octanol–water partition coefficient (Wildman–Crippen LogP) is 2.40. The molecule has 1 aliphatic heterocycles. The number of nitriles is 1. The molecule has 0 spiro atoms. The summed E-state index contributed by atoms with van der Waals surface area (Å²) < 4.78 is 5.40. The summed E-state index contributed by atoms with van der Waals surface area (Å²) in [7, 11) is 0. The number of ether oxygens (including phenoxy) is 1. The highest BCUT2D eigenvalue weighted by Crippen LogP contribution is 2.25. The van der Waals surface area contributed by atoms with Crippen molar-refractivity contribution in [1.82, 2.24) is 10.2 Å². The number of morpholine rings is 1. The van der Waals surface area contributed by atoms with Gasteiger partial charge >= 0.3 is 11.8 Å². The third kappa shape index (κ3) is 5.09. The molecule has 1 saturated heterocycles. The molecule has 0 aliphatic carbocycles. The molecule has 1 atom stereocenters. The second-order valence-electron chi connectivity index (χ2n) is 6.15. The molecule has 9 heteroatoms. The maximum absolute atomic E-state index is 12.3. The Balaban J connectivity index is 1.63. The van der Waals surface area contributed by atoms with E-state index in [0.29, 0.717) is 24.8 Å². The highest BCUT2D eigenvalue weighted by molar-refractivity contribution is 7.10. The molecule has 0 unspecified atom stereocenters. The lowest BCUT2D eigenvalue weighted by Crippen LogP contribution is -2.45. The standard InChI is InChI=1S/C19H19ClN4O3S/c20-14-4-3-13(11-21)15(10-14)23-19(26)18(25)22-12-16(17-2-1-9-28-17)24-5-7-27-8-6-24/h1-4,9-10,16H,5-8,12H2,(H,22,25)(H,23,26)/t16-/m0/s1. The summed E-state index contributed by atoms with van der Waals surface area (Å²) in [6, 6.07) is 10.4. The monoisotopic (exact) mass is 418 g/mol. The molecular weight excluding hydrogens is 400 g/mol. The zero-order chi connectivity index (χ0) is 19.9. The van der Waals surface area contributed by atoms with Crippen LogP contribution in [0.15, 0.2) is 35.7 Å². The van der Waals surface area contributed by atoms with Gasteiger partial charge in [0.2, 0.25) is 0 Å². The number of hydrogen-bond acceptors (Lipinski definition) is 6. The lowest BCUT2D eigenvalue weighted by atomic mass is 10.2. The van der Waals surface area contributed by atoms with Crippen molar-refractivity contribution in [3.8, 4) is 6.07 Å². The molecule has 2 N–H and O–H groups in total. The van der Waals surface area contributed by atoms with Crippen LogP contribution in [0.3, 0.4) is 0 Å². The number of amides is 2. The Kier molecular flexibility index (Phi) is 7.01. The van der Waals surface area contributed by atoms with Gasteiger partial charge in [0.05, 0.1) is 30.5 Å². The van der Waals surface area contributed by atoms with Gasteiger partial charge in [-0.25, -0.2) is 0 Å². The first kappa shape index (κ1) is 20.3. The maximum Gasteiger partial charge on any atom is 0.313 e. The fourth-order valence-electron chi connectivity index (χ4n) is 2.95. The van der Waals surface area contributed by atoms with E-state index in [1.54, 1.807) is 17.4 Å². The molecule has 1 aromatic heterocycles. The molecule has 28 heavy (non-hydrogen) atoms. The van der Waals surface area contributed by atoms with E-state index in [1.807, 2.05) is 23.6 Å². The van der Waals surface area contributed by atoms with Gasteiger partial charge in [0.25, 0.3) is 0 Å². The van der Waals surface area contributed by atoms with Crippen molar-refractivity contribution >= 4 is 40.4 Å². The molecule has 0 saturated carbocycles. The number of thiophene rings is 1. The molecule has 2 amide bonds. The first-order valence-electron chi connectivity index (χ1n) is 8.72. The molecule has 2 aromatic rings. The fraction of sp³-hybridized carbons (Fsp3) is 0.316. The quantitative estimate of drug-likeness (QED) is 0.727. The zero-order valence-corrected chi connectivity index (χ0v) is 16.6. The van der Waals surface area contributed by atoms with Crippen LogP contribution in [0.2, 0.25) is 5.02 Å². The maximum atomic E-state index is 12.3. The van der Waals surface area contributed by atoms with E-state index in [-0.39, 0.29) is 17.3 Å². The summed E-state index contributed by atoms with van der Waals surface area (Å²) in [6.45, 7) is 3.11. The summed E-state index contributed by atoms with van der Waals surface area (Å²) in [5, 5.41) is 16.6. The lowest BCUT2D eigenvalue weighted by molar-refractivity contribution is -0.136. The Labute approximate surface area is 171 Å². The van der Waals surface area contributed by atoms with Crippen molar-refractivity contribution in [3.63, 3.8) is 0 Å². The number of carbonyl (C=O) groups excluding carboxylic acids is 2. The SMILES string of the molecule is N#Cc1ccc(Cl)cc1NC(=O)C(=O)NC[C@@H](c1cccs1)N1CCOCC1. The normalized spacial score (nSPS) is 15.4. The molecule has 0 radical (unpaired) electrons. The van der Waals surface area contributed by atoms with Gasteiger partial charge in [0, 0.05) is 29.5 Å². The van der Waals surface area contributed by atoms with E-state index in [0.717, 1.165) is 18.0 Å². The highest BCUT2D eigenvalue weighted by Gasteiger charge is 2.25. The Bertz CT molecular complexity index is 876. The number of hydrogen-bond donors (Lipinski definition) is 2. The Hall–Kier alpha value is -2.44. The number of anilines is 1. The Morgan fingerprint density at radius 1 is 1.29 bits per heavy atom. The minimum atomic E-state index is -0.842. The molecule has 1 fully saturated rings. The van der Waals surface area contributed by atoms with Gasteiger partial charge in [-0.3, -0.25) is 14.5 Å². The van der Waals surface area contributed by atoms with Gasteiger partial charge in [0.1, 0.15) is 6.07 Å². The summed E-state index contributed by atoms with van der Waals surface area (Å²) in [4.78, 5) is 27.9. The van der Waals surface area contributed by atoms with Crippen molar-refractivity contribution < 1.29 is 14.3 Å². The van der Waals surface area contributed by atoms with Crippen molar-refractivity contribution in [1.29, 1.82) is 5.26 Å². The van der Waals surface area contributed by atoms with E-state index >= 15 is 0 Å². The Morgan fingerprint density at radius 2 is 2.07 bits per heavy atom. The number of nitrogens with one attached hydrogen (secondary N) is 2. The third-order valence-electron chi connectivity index (χ3n) is 4.37. The van der Waals surface area contributed by atoms with Gasteiger partial charge in [-0.05, 0) is 29.6 Å². The van der Waals surface area contributed by atoms with Crippen LogP contribution in [0.5, 0.6) is 0 Å². The summed E-state index contributed by atoms with van der Waals surface area (Å²) in [6.07, 6.45) is 0. The Morgan fingerprint density at radius 3 is 2.75 bits per heavy atom. The molecule has 7 nitrogen and oxygen atoms in total. The molecule has 1 aliphatic rings. The summed E-state index contributed by atoms with van der Waals surface area (Å²) in [5.41, 5.74) is 0.438.